The first-order valence-electron chi connectivity index (χ1n) is 6.87. The average molecular weight is 345 g/mol. The fourth-order valence-corrected chi connectivity index (χ4v) is 2.11. The number of H-pyrrole nitrogens is 1. The van der Waals surface area contributed by atoms with Gasteiger partial charge in [-0.2, -0.15) is 13.2 Å². The Bertz CT molecular complexity index is 813. The summed E-state index contributed by atoms with van der Waals surface area (Å²) in [5, 5.41) is -0.276. The zero-order chi connectivity index (χ0) is 17.9. The van der Waals surface area contributed by atoms with Crippen molar-refractivity contribution in [1.82, 2.24) is 4.98 Å². The number of benzene rings is 1. The summed E-state index contributed by atoms with van der Waals surface area (Å²) in [7, 11) is 1.28. The molecule has 0 radical (unpaired) electrons. The summed E-state index contributed by atoms with van der Waals surface area (Å²) in [4.78, 5) is 25.1. The Kier molecular flexibility index (Phi) is 5.01. The number of esters is 1. The van der Waals surface area contributed by atoms with Gasteiger partial charge in [0.15, 0.2) is 18.1 Å². The van der Waals surface area contributed by atoms with Gasteiger partial charge in [0.1, 0.15) is 0 Å². The van der Waals surface area contributed by atoms with Gasteiger partial charge in [0.2, 0.25) is 5.56 Å². The highest BCUT2D eigenvalue weighted by Gasteiger charge is 2.33. The number of pyridine rings is 1. The fourth-order valence-electron chi connectivity index (χ4n) is 2.11. The van der Waals surface area contributed by atoms with Crippen LogP contribution in [0.3, 0.4) is 0 Å². The first-order valence-corrected chi connectivity index (χ1v) is 6.87. The summed E-state index contributed by atoms with van der Waals surface area (Å²) in [6, 6.07) is 2.72. The van der Waals surface area contributed by atoms with Gasteiger partial charge < -0.3 is 19.2 Å². The van der Waals surface area contributed by atoms with Gasteiger partial charge >= 0.3 is 12.1 Å². The van der Waals surface area contributed by atoms with Crippen LogP contribution in [0.4, 0.5) is 13.2 Å². The van der Waals surface area contributed by atoms with E-state index < -0.39 is 29.9 Å². The number of alkyl halides is 3. The lowest BCUT2D eigenvalue weighted by molar-refractivity contribution is -0.145. The molecule has 0 bridgehead atoms. The van der Waals surface area contributed by atoms with Crippen LogP contribution in [0.15, 0.2) is 23.0 Å². The Morgan fingerprint density at radius 3 is 2.50 bits per heavy atom. The Labute approximate surface area is 134 Å². The molecule has 1 aromatic heterocycles. The summed E-state index contributed by atoms with van der Waals surface area (Å²) in [5.41, 5.74) is -2.06. The van der Waals surface area contributed by atoms with E-state index in [0.29, 0.717) is 6.07 Å². The second-order valence-electron chi connectivity index (χ2n) is 4.69. The van der Waals surface area contributed by atoms with Gasteiger partial charge in [0, 0.05) is 17.5 Å². The Hall–Kier alpha value is -2.71. The molecule has 1 aromatic carbocycles. The molecular weight excluding hydrogens is 331 g/mol. The van der Waals surface area contributed by atoms with Crippen LogP contribution in [0.1, 0.15) is 12.5 Å². The lowest BCUT2D eigenvalue weighted by Gasteiger charge is -2.14. The maximum absolute atomic E-state index is 13.1. The van der Waals surface area contributed by atoms with Crippen LogP contribution < -0.4 is 15.0 Å². The number of hydrogen-bond donors (Lipinski definition) is 1. The number of carbonyl (C=O) groups is 1. The third-order valence-electron chi connectivity index (χ3n) is 3.08. The number of aromatic nitrogens is 1. The monoisotopic (exact) mass is 345 g/mol. The van der Waals surface area contributed by atoms with Crippen LogP contribution in [0, 0.1) is 0 Å². The lowest BCUT2D eigenvalue weighted by Crippen LogP contribution is -2.16. The molecular formula is C15H14F3NO5. The number of hydrogen-bond acceptors (Lipinski definition) is 5. The Morgan fingerprint density at radius 1 is 1.21 bits per heavy atom. The molecule has 0 saturated heterocycles. The molecule has 0 amide bonds. The molecule has 1 N–H and O–H groups in total. The zero-order valence-corrected chi connectivity index (χ0v) is 12.8. The minimum Gasteiger partial charge on any atom is -0.493 e. The molecule has 2 aromatic rings. The maximum Gasteiger partial charge on any atom is 0.417 e. The standard InChI is InChI=1S/C15H14F3NO5/c1-3-23-14(21)7-24-12-4-8-9(15(16,17)18)5-13(20)19-10(8)6-11(12)22-2/h4-6H,3,7H2,1-2H3,(H,19,20). The molecule has 6 nitrogen and oxygen atoms in total. The van der Waals surface area contributed by atoms with Crippen molar-refractivity contribution in [2.45, 2.75) is 13.1 Å². The smallest absolute Gasteiger partial charge is 0.417 e. The topological polar surface area (TPSA) is 77.6 Å². The van der Waals surface area contributed by atoms with Crippen LogP contribution in [0.5, 0.6) is 11.5 Å². The van der Waals surface area contributed by atoms with E-state index in [-0.39, 0.29) is 29.0 Å². The van der Waals surface area contributed by atoms with Gasteiger partial charge in [-0.15, -0.1) is 0 Å². The first-order chi connectivity index (χ1) is 11.3. The number of methoxy groups -OCH3 is 1. The Morgan fingerprint density at radius 2 is 1.92 bits per heavy atom. The van der Waals surface area contributed by atoms with Crippen LogP contribution >= 0.6 is 0 Å². The van der Waals surface area contributed by atoms with Crippen molar-refractivity contribution in [3.8, 4) is 11.5 Å². The molecule has 0 aliphatic rings. The minimum absolute atomic E-state index is 0.0600. The molecule has 0 atom stereocenters. The number of rotatable bonds is 5. The van der Waals surface area contributed by atoms with Crippen molar-refractivity contribution in [3.05, 3.63) is 34.1 Å². The van der Waals surface area contributed by atoms with Crippen LogP contribution in [-0.2, 0) is 15.7 Å². The number of carbonyl (C=O) groups excluding carboxylic acids is 1. The number of fused-ring (bicyclic) bond motifs is 1. The highest BCUT2D eigenvalue weighted by molar-refractivity contribution is 5.86. The van der Waals surface area contributed by atoms with E-state index >= 15 is 0 Å². The van der Waals surface area contributed by atoms with Crippen molar-refractivity contribution in [2.75, 3.05) is 20.3 Å². The highest BCUT2D eigenvalue weighted by atomic mass is 19.4. The second-order valence-corrected chi connectivity index (χ2v) is 4.69. The van der Waals surface area contributed by atoms with Crippen molar-refractivity contribution in [2.24, 2.45) is 0 Å². The quantitative estimate of drug-likeness (QED) is 0.843. The van der Waals surface area contributed by atoms with Crippen molar-refractivity contribution in [3.63, 3.8) is 0 Å². The molecule has 24 heavy (non-hydrogen) atoms. The molecule has 9 heteroatoms. The van der Waals surface area contributed by atoms with E-state index in [0.717, 1.165) is 6.07 Å². The summed E-state index contributed by atoms with van der Waals surface area (Å²) in [5.74, 6) is -0.672. The molecule has 0 aliphatic heterocycles. The van der Waals surface area contributed by atoms with E-state index in [9.17, 15) is 22.8 Å². The number of halogens is 3. The number of nitrogens with one attached hydrogen (secondary N) is 1. The first kappa shape index (κ1) is 17.6. The van der Waals surface area contributed by atoms with E-state index in [2.05, 4.69) is 9.72 Å². The normalized spacial score (nSPS) is 11.4. The van der Waals surface area contributed by atoms with E-state index in [1.54, 1.807) is 6.92 Å². The van der Waals surface area contributed by atoms with Crippen LogP contribution in [0.2, 0.25) is 0 Å². The van der Waals surface area contributed by atoms with E-state index in [1.165, 1.54) is 13.2 Å². The van der Waals surface area contributed by atoms with Crippen LogP contribution in [-0.4, -0.2) is 31.3 Å². The van der Waals surface area contributed by atoms with Gasteiger partial charge in [-0.05, 0) is 13.0 Å². The third-order valence-corrected chi connectivity index (χ3v) is 3.08. The van der Waals surface area contributed by atoms with E-state index in [4.69, 9.17) is 9.47 Å². The third kappa shape index (κ3) is 3.79. The van der Waals surface area contributed by atoms with E-state index in [1.807, 2.05) is 0 Å². The van der Waals surface area contributed by atoms with Gasteiger partial charge in [-0.1, -0.05) is 0 Å². The van der Waals surface area contributed by atoms with Gasteiger partial charge in [0.05, 0.1) is 24.8 Å². The molecule has 0 fully saturated rings. The number of aromatic amines is 1. The summed E-state index contributed by atoms with van der Waals surface area (Å²) < 4.78 is 54.3. The molecule has 130 valence electrons. The van der Waals surface area contributed by atoms with Gasteiger partial charge in [0.25, 0.3) is 0 Å². The molecule has 0 spiro atoms. The fraction of sp³-hybridized carbons (Fsp3) is 0.333. The predicted octanol–water partition coefficient (Wildman–Crippen LogP) is 2.50. The average Bonchev–Trinajstić information content (AvgIpc) is 2.50. The lowest BCUT2D eigenvalue weighted by atomic mass is 10.1. The number of ether oxygens (including phenoxy) is 3. The molecule has 0 unspecified atom stereocenters. The Balaban J connectivity index is 2.53. The second kappa shape index (κ2) is 6.81. The largest absolute Gasteiger partial charge is 0.493 e. The van der Waals surface area contributed by atoms with Crippen molar-refractivity contribution >= 4 is 16.9 Å². The highest BCUT2D eigenvalue weighted by Crippen LogP contribution is 2.38. The predicted molar refractivity (Wildman–Crippen MR) is 78.3 cm³/mol. The maximum atomic E-state index is 13.1. The summed E-state index contributed by atoms with van der Waals surface area (Å²) >= 11 is 0. The molecule has 1 heterocycles. The summed E-state index contributed by atoms with van der Waals surface area (Å²) in [6.45, 7) is 1.28. The minimum atomic E-state index is -4.72. The molecule has 2 rings (SSSR count). The van der Waals surface area contributed by atoms with Crippen molar-refractivity contribution < 1.29 is 32.2 Å². The van der Waals surface area contributed by atoms with Crippen LogP contribution in [0.25, 0.3) is 10.9 Å². The molecule has 0 aliphatic carbocycles. The SMILES string of the molecule is CCOC(=O)COc1cc2c(C(F)(F)F)cc(=O)[nH]c2cc1OC. The zero-order valence-electron chi connectivity index (χ0n) is 12.8. The van der Waals surface area contributed by atoms with Gasteiger partial charge in [-0.25, -0.2) is 4.79 Å². The summed E-state index contributed by atoms with van der Waals surface area (Å²) in [6.07, 6.45) is -4.72. The van der Waals surface area contributed by atoms with Gasteiger partial charge in [-0.3, -0.25) is 4.79 Å². The molecule has 0 saturated carbocycles. The van der Waals surface area contributed by atoms with Crippen molar-refractivity contribution in [1.29, 1.82) is 0 Å².